The summed E-state index contributed by atoms with van der Waals surface area (Å²) in [5, 5.41) is 21.0. The smallest absolute Gasteiger partial charge is 0.149 e. The maximum atomic E-state index is 10.5. The number of ether oxygens (including phenoxy) is 4. The highest BCUT2D eigenvalue weighted by atomic mass is 16.5. The molecule has 0 aromatic heterocycles. The second-order valence-electron chi connectivity index (χ2n) is 19.8. The van der Waals surface area contributed by atoms with Gasteiger partial charge in [0.25, 0.3) is 0 Å². The molecule has 0 atom stereocenters. The molecule has 362 valence electrons. The molecule has 11 rings (SSSR count). The summed E-state index contributed by atoms with van der Waals surface area (Å²) in [6.45, 7) is 8.83. The molecule has 0 N–H and O–H groups in total. The third-order valence-electron chi connectivity index (χ3n) is 14.8. The summed E-state index contributed by atoms with van der Waals surface area (Å²) in [6, 6.07) is 85.7. The van der Waals surface area contributed by atoms with Gasteiger partial charge in [-0.1, -0.05) is 198 Å². The Kier molecular flexibility index (Phi) is 12.6. The second-order valence-corrected chi connectivity index (χ2v) is 19.8. The highest BCUT2D eigenvalue weighted by molar-refractivity contribution is 5.86. The maximum absolute atomic E-state index is 10.5. The Morgan fingerprint density at radius 1 is 0.307 bits per heavy atom. The van der Waals surface area contributed by atoms with Gasteiger partial charge in [-0.05, 0) is 128 Å². The van der Waals surface area contributed by atoms with Gasteiger partial charge < -0.3 is 18.9 Å². The molecule has 0 heterocycles. The summed E-state index contributed by atoms with van der Waals surface area (Å²) in [7, 11) is 0. The summed E-state index contributed by atoms with van der Waals surface area (Å²) < 4.78 is 25.7. The Morgan fingerprint density at radius 2 is 0.587 bits per heavy atom. The van der Waals surface area contributed by atoms with Crippen LogP contribution in [0.1, 0.15) is 83.3 Å². The zero-order valence-corrected chi connectivity index (χ0v) is 42.1. The van der Waals surface area contributed by atoms with Crippen molar-refractivity contribution < 1.29 is 18.9 Å². The average molecular weight is 973 g/mol. The molecule has 0 saturated carbocycles. The van der Waals surface area contributed by atoms with Crippen molar-refractivity contribution in [2.75, 3.05) is 0 Å². The molecule has 0 fully saturated rings. The van der Waals surface area contributed by atoms with Crippen LogP contribution in [0.2, 0.25) is 0 Å². The minimum Gasteiger partial charge on any atom is -0.456 e. The standard InChI is InChI=1S/C69H52N2O4/c1-67(2,47-17-7-5-8-18-47)49-29-37-53(38-30-49)72-63-25-15-27-65(59(63)45-70)74-55-41-33-51(34-42-55)69(61-23-13-11-21-57(61)58-22-12-14-24-62(58)69)52-35-43-56(44-36-52)75-66-28-16-26-64(60(66)46-71)73-54-39-31-50(32-40-54)68(3,4)48-19-9-6-10-20-48/h5-44H,1-4H3. The van der Waals surface area contributed by atoms with Crippen molar-refractivity contribution in [1.82, 2.24) is 0 Å². The Balaban J connectivity index is 0.860. The van der Waals surface area contributed by atoms with E-state index in [0.29, 0.717) is 57.1 Å². The van der Waals surface area contributed by atoms with Gasteiger partial charge in [-0.15, -0.1) is 0 Å². The Labute approximate surface area is 438 Å². The molecule has 10 aromatic carbocycles. The molecule has 0 aliphatic heterocycles. The monoisotopic (exact) mass is 972 g/mol. The van der Waals surface area contributed by atoms with Crippen molar-refractivity contribution >= 4 is 0 Å². The van der Waals surface area contributed by atoms with Crippen LogP contribution in [0.15, 0.2) is 243 Å². The van der Waals surface area contributed by atoms with Gasteiger partial charge in [0, 0.05) is 10.8 Å². The van der Waals surface area contributed by atoms with Crippen molar-refractivity contribution in [1.29, 1.82) is 10.5 Å². The summed E-state index contributed by atoms with van der Waals surface area (Å²) in [5.41, 5.74) is 10.9. The van der Waals surface area contributed by atoms with Crippen molar-refractivity contribution in [3.8, 4) is 69.3 Å². The molecule has 0 saturated heterocycles. The van der Waals surface area contributed by atoms with Gasteiger partial charge in [-0.25, -0.2) is 0 Å². The molecule has 75 heavy (non-hydrogen) atoms. The third kappa shape index (κ3) is 8.84. The lowest BCUT2D eigenvalue weighted by Gasteiger charge is -2.34. The summed E-state index contributed by atoms with van der Waals surface area (Å²) in [6.07, 6.45) is 0. The predicted molar refractivity (Wildman–Crippen MR) is 296 cm³/mol. The quantitative estimate of drug-likeness (QED) is 0.108. The van der Waals surface area contributed by atoms with Gasteiger partial charge in [0.05, 0.1) is 5.41 Å². The maximum Gasteiger partial charge on any atom is 0.149 e. The van der Waals surface area contributed by atoms with E-state index < -0.39 is 5.41 Å². The van der Waals surface area contributed by atoms with Crippen molar-refractivity contribution in [3.63, 3.8) is 0 Å². The van der Waals surface area contributed by atoms with Crippen LogP contribution in [0.25, 0.3) is 11.1 Å². The molecule has 0 amide bonds. The lowest BCUT2D eigenvalue weighted by Crippen LogP contribution is -2.28. The molecule has 10 aromatic rings. The highest BCUT2D eigenvalue weighted by Crippen LogP contribution is 2.56. The van der Waals surface area contributed by atoms with E-state index >= 15 is 0 Å². The van der Waals surface area contributed by atoms with Crippen LogP contribution in [0.4, 0.5) is 0 Å². The first-order valence-corrected chi connectivity index (χ1v) is 25.1. The van der Waals surface area contributed by atoms with Crippen molar-refractivity contribution in [2.24, 2.45) is 0 Å². The van der Waals surface area contributed by atoms with E-state index in [1.54, 1.807) is 24.3 Å². The minimum absolute atomic E-state index is 0.198. The van der Waals surface area contributed by atoms with E-state index in [1.165, 1.54) is 11.1 Å². The Bertz CT molecular complexity index is 3510. The fourth-order valence-corrected chi connectivity index (χ4v) is 10.6. The summed E-state index contributed by atoms with van der Waals surface area (Å²) >= 11 is 0. The lowest BCUT2D eigenvalue weighted by molar-refractivity contribution is 0.456. The van der Waals surface area contributed by atoms with Gasteiger partial charge in [0.15, 0.2) is 0 Å². The number of rotatable bonds is 14. The van der Waals surface area contributed by atoms with E-state index in [9.17, 15) is 10.5 Å². The summed E-state index contributed by atoms with van der Waals surface area (Å²) in [4.78, 5) is 0. The number of benzene rings is 10. The SMILES string of the molecule is CC(C)(c1ccccc1)c1ccc(Oc2cccc(Oc3ccc(C4(c5ccc(Oc6cccc(Oc7ccc(C(C)(C)c8ccccc8)cc7)c6C#N)cc5)c5ccccc5-c5ccccc54)cc3)c2C#N)cc1. The molecular weight excluding hydrogens is 921 g/mol. The minimum atomic E-state index is -0.709. The first-order chi connectivity index (χ1) is 36.6. The van der Waals surface area contributed by atoms with Crippen LogP contribution in [0.5, 0.6) is 46.0 Å². The predicted octanol–water partition coefficient (Wildman–Crippen LogP) is 17.6. The molecule has 0 spiro atoms. The van der Waals surface area contributed by atoms with Crippen molar-refractivity contribution in [2.45, 2.75) is 43.9 Å². The number of hydrogen-bond acceptors (Lipinski definition) is 6. The lowest BCUT2D eigenvalue weighted by atomic mass is 9.68. The molecule has 0 bridgehead atoms. The van der Waals surface area contributed by atoms with Gasteiger partial charge in [-0.3, -0.25) is 0 Å². The van der Waals surface area contributed by atoms with Crippen LogP contribution in [0.3, 0.4) is 0 Å². The van der Waals surface area contributed by atoms with Crippen LogP contribution in [-0.4, -0.2) is 0 Å². The fraction of sp³-hybridized carbons (Fsp3) is 0.101. The van der Waals surface area contributed by atoms with Crippen LogP contribution >= 0.6 is 0 Å². The molecule has 6 heteroatoms. The first kappa shape index (κ1) is 47.7. The van der Waals surface area contributed by atoms with Gasteiger partial charge in [0.2, 0.25) is 0 Å². The number of nitriles is 2. The van der Waals surface area contributed by atoms with E-state index in [-0.39, 0.29) is 10.8 Å². The topological polar surface area (TPSA) is 84.5 Å². The van der Waals surface area contributed by atoms with Gasteiger partial charge in [-0.2, -0.15) is 10.5 Å². The molecule has 1 aliphatic carbocycles. The first-order valence-electron chi connectivity index (χ1n) is 25.1. The van der Waals surface area contributed by atoms with E-state index in [4.69, 9.17) is 18.9 Å². The number of hydrogen-bond donors (Lipinski definition) is 0. The highest BCUT2D eigenvalue weighted by Gasteiger charge is 2.46. The van der Waals surface area contributed by atoms with E-state index in [0.717, 1.165) is 44.5 Å². The Morgan fingerprint density at radius 3 is 0.907 bits per heavy atom. The molecule has 6 nitrogen and oxygen atoms in total. The molecule has 1 aliphatic rings. The largest absolute Gasteiger partial charge is 0.456 e. The molecule has 0 unspecified atom stereocenters. The van der Waals surface area contributed by atoms with Crippen LogP contribution in [0, 0.1) is 22.7 Å². The van der Waals surface area contributed by atoms with E-state index in [1.807, 2.05) is 72.8 Å². The number of nitrogens with zero attached hydrogens (tertiary/aromatic N) is 2. The third-order valence-corrected chi connectivity index (χ3v) is 14.8. The van der Waals surface area contributed by atoms with Crippen LogP contribution < -0.4 is 18.9 Å². The molecular formula is C69H52N2O4. The zero-order valence-electron chi connectivity index (χ0n) is 42.1. The van der Waals surface area contributed by atoms with Gasteiger partial charge >= 0.3 is 0 Å². The average Bonchev–Trinajstić information content (AvgIpc) is 3.79. The van der Waals surface area contributed by atoms with Crippen molar-refractivity contribution in [3.05, 3.63) is 298 Å². The normalized spacial score (nSPS) is 12.3. The second kappa shape index (κ2) is 19.8. The van der Waals surface area contributed by atoms with Crippen LogP contribution in [-0.2, 0) is 16.2 Å². The fourth-order valence-electron chi connectivity index (χ4n) is 10.6. The molecule has 0 radical (unpaired) electrons. The number of fused-ring (bicyclic) bond motifs is 3. The zero-order chi connectivity index (χ0) is 51.6. The summed E-state index contributed by atoms with van der Waals surface area (Å²) in [5.74, 6) is 3.97. The van der Waals surface area contributed by atoms with Gasteiger partial charge in [0.1, 0.15) is 69.3 Å². The Hall–Kier alpha value is -9.62. The van der Waals surface area contributed by atoms with E-state index in [2.05, 4.69) is 185 Å².